The van der Waals surface area contributed by atoms with Gasteiger partial charge in [-0.3, -0.25) is 5.32 Å². The van der Waals surface area contributed by atoms with Gasteiger partial charge in [0.2, 0.25) is 5.88 Å². The molecule has 2 aromatic heterocycles. The molecule has 4 aromatic rings. The fourth-order valence-corrected chi connectivity index (χ4v) is 4.71. The fourth-order valence-electron chi connectivity index (χ4n) is 4.71. The predicted octanol–water partition coefficient (Wildman–Crippen LogP) is 4.31. The molecule has 0 spiro atoms. The fraction of sp³-hybridized carbons (Fsp3) is 0.321. The molecule has 1 saturated heterocycles. The van der Waals surface area contributed by atoms with Gasteiger partial charge in [0, 0.05) is 24.3 Å². The molecule has 2 aromatic carbocycles. The second kappa shape index (κ2) is 11.1. The molecule has 11 nitrogen and oxygen atoms in total. The number of benzene rings is 2. The number of aromatic nitrogens is 3. The maximum atomic E-state index is 11.6. The monoisotopic (exact) mass is 532 g/mol. The summed E-state index contributed by atoms with van der Waals surface area (Å²) in [7, 11) is 6.62. The van der Waals surface area contributed by atoms with Crippen LogP contribution in [0.2, 0.25) is 0 Å². The number of nitrogens with zero attached hydrogens (tertiary/aromatic N) is 4. The molecule has 3 heterocycles. The van der Waals surface area contributed by atoms with E-state index in [0.717, 1.165) is 42.6 Å². The Hall–Kier alpha value is -4.51. The van der Waals surface area contributed by atoms with E-state index in [1.165, 1.54) is 7.11 Å². The van der Waals surface area contributed by atoms with Crippen LogP contribution < -0.4 is 25.3 Å². The number of likely N-dealkylation sites (tertiary alicyclic amines) is 1. The van der Waals surface area contributed by atoms with Gasteiger partial charge in [0.1, 0.15) is 11.9 Å². The lowest BCUT2D eigenvalue weighted by Crippen LogP contribution is -2.36. The first-order chi connectivity index (χ1) is 18.9. The highest BCUT2D eigenvalue weighted by Gasteiger charge is 2.25. The molecule has 5 rings (SSSR count). The van der Waals surface area contributed by atoms with E-state index in [1.54, 1.807) is 37.1 Å². The molecule has 0 unspecified atom stereocenters. The molecule has 0 atom stereocenters. The summed E-state index contributed by atoms with van der Waals surface area (Å²) in [5, 5.41) is 7.22. The number of rotatable bonds is 7. The Morgan fingerprint density at radius 1 is 1.00 bits per heavy atom. The Bertz CT molecular complexity index is 1480. The smallest absolute Gasteiger partial charge is 0.411 e. The number of nitrogen functional groups attached to an aromatic ring is 1. The van der Waals surface area contributed by atoms with Gasteiger partial charge in [-0.25, -0.2) is 4.79 Å². The van der Waals surface area contributed by atoms with Crippen molar-refractivity contribution in [3.8, 4) is 39.6 Å². The van der Waals surface area contributed by atoms with E-state index in [9.17, 15) is 4.79 Å². The first-order valence-electron chi connectivity index (χ1n) is 12.6. The second-order valence-corrected chi connectivity index (χ2v) is 9.36. The van der Waals surface area contributed by atoms with Crippen LogP contribution in [-0.2, 0) is 4.74 Å². The number of fused-ring (bicyclic) bond motifs is 1. The number of carbonyl (C=O) groups excluding carboxylic acids is 1. The van der Waals surface area contributed by atoms with Crippen LogP contribution in [0, 0.1) is 0 Å². The van der Waals surface area contributed by atoms with Crippen molar-refractivity contribution in [2.24, 2.45) is 0 Å². The largest absolute Gasteiger partial charge is 0.493 e. The van der Waals surface area contributed by atoms with Crippen molar-refractivity contribution in [1.29, 1.82) is 0 Å². The number of methoxy groups -OCH3 is 3. The third-order valence-corrected chi connectivity index (χ3v) is 6.89. The summed E-state index contributed by atoms with van der Waals surface area (Å²) in [4.78, 5) is 18.9. The topological polar surface area (TPSA) is 125 Å². The number of nitrogens with one attached hydrogen (secondary N) is 1. The number of carbonyl (C=O) groups is 1. The molecule has 1 aliphatic heterocycles. The van der Waals surface area contributed by atoms with Crippen LogP contribution in [0.3, 0.4) is 0 Å². The Labute approximate surface area is 226 Å². The maximum Gasteiger partial charge on any atom is 0.411 e. The molecule has 1 aliphatic rings. The van der Waals surface area contributed by atoms with E-state index >= 15 is 0 Å². The molecular formula is C28H32N6O5. The number of piperidine rings is 1. The Balaban J connectivity index is 1.61. The Kier molecular flexibility index (Phi) is 7.42. The summed E-state index contributed by atoms with van der Waals surface area (Å²) in [5.74, 6) is 2.06. The van der Waals surface area contributed by atoms with Crippen molar-refractivity contribution in [2.75, 3.05) is 52.5 Å². The summed E-state index contributed by atoms with van der Waals surface area (Å²) >= 11 is 0. The van der Waals surface area contributed by atoms with E-state index in [1.807, 2.05) is 30.3 Å². The van der Waals surface area contributed by atoms with Gasteiger partial charge in [-0.1, -0.05) is 18.2 Å². The van der Waals surface area contributed by atoms with Gasteiger partial charge in [0.15, 0.2) is 17.1 Å². The zero-order chi connectivity index (χ0) is 27.5. The molecule has 0 saturated carbocycles. The van der Waals surface area contributed by atoms with Crippen LogP contribution in [0.15, 0.2) is 48.7 Å². The number of hydrogen-bond acceptors (Lipinski definition) is 9. The minimum absolute atomic E-state index is 0.00187. The van der Waals surface area contributed by atoms with E-state index < -0.39 is 6.09 Å². The highest BCUT2D eigenvalue weighted by molar-refractivity contribution is 5.88. The zero-order valence-electron chi connectivity index (χ0n) is 22.4. The number of anilines is 2. The van der Waals surface area contributed by atoms with Crippen molar-refractivity contribution in [1.82, 2.24) is 19.5 Å². The molecular weight excluding hydrogens is 500 g/mol. The molecule has 204 valence electrons. The van der Waals surface area contributed by atoms with Gasteiger partial charge in [-0.2, -0.15) is 14.6 Å². The van der Waals surface area contributed by atoms with Crippen LogP contribution >= 0.6 is 0 Å². The van der Waals surface area contributed by atoms with Gasteiger partial charge in [-0.05, 0) is 55.3 Å². The third kappa shape index (κ3) is 5.26. The highest BCUT2D eigenvalue weighted by Crippen LogP contribution is 2.39. The minimum atomic E-state index is -0.545. The van der Waals surface area contributed by atoms with E-state index in [-0.39, 0.29) is 6.10 Å². The zero-order valence-corrected chi connectivity index (χ0v) is 22.4. The van der Waals surface area contributed by atoms with E-state index in [4.69, 9.17) is 24.9 Å². The van der Waals surface area contributed by atoms with Crippen LogP contribution in [0.4, 0.5) is 16.3 Å². The molecule has 0 radical (unpaired) electrons. The van der Waals surface area contributed by atoms with Gasteiger partial charge in [-0.15, -0.1) is 0 Å². The summed E-state index contributed by atoms with van der Waals surface area (Å²) in [6.07, 6.45) is 2.95. The molecule has 39 heavy (non-hydrogen) atoms. The first-order valence-corrected chi connectivity index (χ1v) is 12.6. The SMILES string of the molecule is COC(=O)Nc1ccc(-c2c(OC3CCN(C)CC3)nc3c(-c4ccc(OC)c(OC)c4)cnn3c2N)cc1. The Morgan fingerprint density at radius 3 is 2.36 bits per heavy atom. The second-order valence-electron chi connectivity index (χ2n) is 9.36. The van der Waals surface area contributed by atoms with Crippen LogP contribution in [-0.4, -0.2) is 73.2 Å². The van der Waals surface area contributed by atoms with Crippen molar-refractivity contribution >= 4 is 23.2 Å². The van der Waals surface area contributed by atoms with Crippen molar-refractivity contribution in [3.05, 3.63) is 48.7 Å². The van der Waals surface area contributed by atoms with Crippen molar-refractivity contribution < 1.29 is 23.7 Å². The van der Waals surface area contributed by atoms with Gasteiger partial charge in [0.25, 0.3) is 0 Å². The first kappa shape index (κ1) is 26.1. The molecule has 1 amide bonds. The lowest BCUT2D eigenvalue weighted by molar-refractivity contribution is 0.111. The summed E-state index contributed by atoms with van der Waals surface area (Å²) in [6.45, 7) is 1.88. The Morgan fingerprint density at radius 2 is 1.69 bits per heavy atom. The lowest BCUT2D eigenvalue weighted by Gasteiger charge is -2.29. The average Bonchev–Trinajstić information content (AvgIpc) is 3.39. The minimum Gasteiger partial charge on any atom is -0.493 e. The summed E-state index contributed by atoms with van der Waals surface area (Å²) in [5.41, 5.74) is 10.9. The average molecular weight is 533 g/mol. The van der Waals surface area contributed by atoms with Crippen LogP contribution in [0.25, 0.3) is 27.9 Å². The van der Waals surface area contributed by atoms with Crippen molar-refractivity contribution in [3.63, 3.8) is 0 Å². The lowest BCUT2D eigenvalue weighted by atomic mass is 10.1. The van der Waals surface area contributed by atoms with Crippen LogP contribution in [0.5, 0.6) is 17.4 Å². The highest BCUT2D eigenvalue weighted by atomic mass is 16.5. The van der Waals surface area contributed by atoms with Gasteiger partial charge >= 0.3 is 6.09 Å². The molecule has 3 N–H and O–H groups in total. The third-order valence-electron chi connectivity index (χ3n) is 6.89. The number of nitrogens with two attached hydrogens (primary N) is 1. The van der Waals surface area contributed by atoms with Gasteiger partial charge in [0.05, 0.1) is 33.1 Å². The molecule has 11 heteroatoms. The summed E-state index contributed by atoms with van der Waals surface area (Å²) < 4.78 is 23.7. The normalized spacial score (nSPS) is 14.3. The predicted molar refractivity (Wildman–Crippen MR) is 149 cm³/mol. The van der Waals surface area contributed by atoms with E-state index in [2.05, 4.69) is 27.1 Å². The maximum absolute atomic E-state index is 11.6. The molecule has 0 bridgehead atoms. The molecule has 1 fully saturated rings. The number of hydrogen-bond donors (Lipinski definition) is 2. The van der Waals surface area contributed by atoms with E-state index in [0.29, 0.717) is 40.1 Å². The van der Waals surface area contributed by atoms with Gasteiger partial charge < -0.3 is 29.6 Å². The number of amides is 1. The quantitative estimate of drug-likeness (QED) is 0.358. The number of ether oxygens (including phenoxy) is 4. The van der Waals surface area contributed by atoms with Crippen LogP contribution in [0.1, 0.15) is 12.8 Å². The van der Waals surface area contributed by atoms with Crippen molar-refractivity contribution in [2.45, 2.75) is 18.9 Å². The summed E-state index contributed by atoms with van der Waals surface area (Å²) in [6, 6.07) is 12.9. The standard InChI is InChI=1S/C28H32N6O5/c1-33-13-11-20(12-14-33)39-27-24(17-5-8-19(9-6-17)31-28(35)38-4)25(29)34-26(32-27)21(16-30-34)18-7-10-22(36-2)23(15-18)37-3/h5-10,15-16,20H,11-14,29H2,1-4H3,(H,31,35). The molecule has 0 aliphatic carbocycles.